The highest BCUT2D eigenvalue weighted by molar-refractivity contribution is 5.86. The minimum absolute atomic E-state index is 0.207. The van der Waals surface area contributed by atoms with Crippen LogP contribution in [0.15, 0.2) is 38.2 Å². The molecule has 1 amide bonds. The first-order valence-electron chi connectivity index (χ1n) is 7.57. The molecule has 7 nitrogen and oxygen atoms in total. The number of fused-ring (bicyclic) bond motifs is 1. The van der Waals surface area contributed by atoms with Crippen LogP contribution in [0.4, 0.5) is 0 Å². The number of carbonyl (C=O) groups is 1. The highest BCUT2D eigenvalue weighted by Crippen LogP contribution is 2.24. The van der Waals surface area contributed by atoms with Gasteiger partial charge in [0.2, 0.25) is 5.89 Å². The van der Waals surface area contributed by atoms with Crippen molar-refractivity contribution in [3.8, 4) is 11.6 Å². The SMILES string of the molecule is Cc1onc(-c2nnc(CC3C=c4ccccc4=NC3=O)o2)c1C. The van der Waals surface area contributed by atoms with E-state index in [2.05, 4.69) is 20.3 Å². The Bertz CT molecular complexity index is 1050. The minimum atomic E-state index is -0.409. The molecule has 1 unspecified atom stereocenters. The quantitative estimate of drug-likeness (QED) is 0.718. The summed E-state index contributed by atoms with van der Waals surface area (Å²) in [6.45, 7) is 3.69. The third-order valence-electron chi connectivity index (χ3n) is 4.09. The number of aromatic nitrogens is 3. The van der Waals surface area contributed by atoms with Crippen molar-refractivity contribution in [2.45, 2.75) is 20.3 Å². The maximum Gasteiger partial charge on any atom is 0.270 e. The van der Waals surface area contributed by atoms with Crippen LogP contribution in [-0.2, 0) is 11.2 Å². The Morgan fingerprint density at radius 3 is 2.79 bits per heavy atom. The van der Waals surface area contributed by atoms with E-state index in [9.17, 15) is 4.79 Å². The Kier molecular flexibility index (Phi) is 3.34. The van der Waals surface area contributed by atoms with Gasteiger partial charge in [-0.3, -0.25) is 4.79 Å². The minimum Gasteiger partial charge on any atom is -0.419 e. The second-order valence-corrected chi connectivity index (χ2v) is 5.70. The molecule has 4 rings (SSSR count). The van der Waals surface area contributed by atoms with Gasteiger partial charge in [0.15, 0.2) is 5.69 Å². The molecule has 1 aliphatic heterocycles. The fourth-order valence-electron chi connectivity index (χ4n) is 2.60. The number of rotatable bonds is 3. The lowest BCUT2D eigenvalue weighted by Gasteiger charge is -2.09. The predicted octanol–water partition coefficient (Wildman–Crippen LogP) is 1.14. The Labute approximate surface area is 136 Å². The lowest BCUT2D eigenvalue weighted by molar-refractivity contribution is -0.120. The molecule has 0 saturated carbocycles. The van der Waals surface area contributed by atoms with Gasteiger partial charge in [-0.1, -0.05) is 29.4 Å². The highest BCUT2D eigenvalue weighted by Gasteiger charge is 2.23. The van der Waals surface area contributed by atoms with E-state index in [1.54, 1.807) is 0 Å². The van der Waals surface area contributed by atoms with Crippen molar-refractivity contribution in [1.82, 2.24) is 15.4 Å². The topological polar surface area (TPSA) is 94.4 Å². The molecule has 0 spiro atoms. The van der Waals surface area contributed by atoms with Gasteiger partial charge >= 0.3 is 0 Å². The first-order valence-corrected chi connectivity index (χ1v) is 7.57. The van der Waals surface area contributed by atoms with Crippen molar-refractivity contribution in [2.75, 3.05) is 0 Å². The van der Waals surface area contributed by atoms with Crippen molar-refractivity contribution in [2.24, 2.45) is 10.9 Å². The van der Waals surface area contributed by atoms with Crippen LogP contribution in [0, 0.1) is 19.8 Å². The standard InChI is InChI=1S/C17H14N4O3/c1-9-10(2)24-21-15(9)17-20-19-14(23-17)8-12-7-11-5-3-4-6-13(11)18-16(12)22/h3-7,12H,8H2,1-2H3. The van der Waals surface area contributed by atoms with Crippen molar-refractivity contribution < 1.29 is 13.7 Å². The summed E-state index contributed by atoms with van der Waals surface area (Å²) in [6, 6.07) is 7.52. The van der Waals surface area contributed by atoms with Gasteiger partial charge in [0.05, 0.1) is 11.3 Å². The van der Waals surface area contributed by atoms with Crippen LogP contribution in [0.2, 0.25) is 0 Å². The number of nitrogens with zero attached hydrogens (tertiary/aromatic N) is 4. The molecule has 0 bridgehead atoms. The first-order chi connectivity index (χ1) is 11.6. The molecule has 7 heteroatoms. The molecule has 0 saturated heterocycles. The van der Waals surface area contributed by atoms with Crippen molar-refractivity contribution in [3.63, 3.8) is 0 Å². The molecule has 0 aliphatic carbocycles. The molecule has 1 atom stereocenters. The van der Waals surface area contributed by atoms with Gasteiger partial charge in [0.1, 0.15) is 5.76 Å². The van der Waals surface area contributed by atoms with Crippen molar-refractivity contribution in [3.05, 3.63) is 52.1 Å². The highest BCUT2D eigenvalue weighted by atomic mass is 16.5. The number of hydrogen-bond donors (Lipinski definition) is 0. The third-order valence-corrected chi connectivity index (χ3v) is 4.09. The molecule has 1 aliphatic rings. The van der Waals surface area contributed by atoms with E-state index >= 15 is 0 Å². The van der Waals surface area contributed by atoms with Gasteiger partial charge < -0.3 is 8.94 Å². The lowest BCUT2D eigenvalue weighted by atomic mass is 10.0. The largest absolute Gasteiger partial charge is 0.419 e. The number of benzene rings is 1. The van der Waals surface area contributed by atoms with Gasteiger partial charge in [-0.25, -0.2) is 4.99 Å². The number of para-hydroxylation sites is 1. The zero-order valence-electron chi connectivity index (χ0n) is 13.2. The van der Waals surface area contributed by atoms with Gasteiger partial charge in [-0.05, 0) is 25.1 Å². The fraction of sp³-hybridized carbons (Fsp3) is 0.235. The fourth-order valence-corrected chi connectivity index (χ4v) is 2.60. The molecule has 0 N–H and O–H groups in total. The third kappa shape index (κ3) is 2.44. The number of hydrogen-bond acceptors (Lipinski definition) is 6. The summed E-state index contributed by atoms with van der Waals surface area (Å²) < 4.78 is 10.8. The average Bonchev–Trinajstić information content (AvgIpc) is 3.16. The Morgan fingerprint density at radius 2 is 2.00 bits per heavy atom. The van der Waals surface area contributed by atoms with E-state index in [0.717, 1.165) is 10.8 Å². The van der Waals surface area contributed by atoms with Crippen molar-refractivity contribution in [1.29, 1.82) is 0 Å². The zero-order valence-corrected chi connectivity index (χ0v) is 13.2. The van der Waals surface area contributed by atoms with Crippen LogP contribution in [0.25, 0.3) is 17.7 Å². The summed E-state index contributed by atoms with van der Waals surface area (Å²) in [6.07, 6.45) is 2.19. The summed E-state index contributed by atoms with van der Waals surface area (Å²) in [5.41, 5.74) is 1.38. The Morgan fingerprint density at radius 1 is 1.17 bits per heavy atom. The van der Waals surface area contributed by atoms with Gasteiger partial charge in [0, 0.05) is 12.0 Å². The Balaban J connectivity index is 1.62. The van der Waals surface area contributed by atoms with E-state index in [-0.39, 0.29) is 5.91 Å². The molecular weight excluding hydrogens is 308 g/mol. The van der Waals surface area contributed by atoms with Crippen LogP contribution in [-0.4, -0.2) is 21.3 Å². The van der Waals surface area contributed by atoms with Crippen LogP contribution >= 0.6 is 0 Å². The first kappa shape index (κ1) is 14.5. The normalized spacial score (nSPS) is 16.4. The smallest absolute Gasteiger partial charge is 0.270 e. The van der Waals surface area contributed by atoms with E-state index < -0.39 is 5.92 Å². The Hall–Kier alpha value is -3.09. The van der Waals surface area contributed by atoms with E-state index in [1.807, 2.05) is 44.2 Å². The average molecular weight is 322 g/mol. The zero-order chi connectivity index (χ0) is 16.7. The molecule has 24 heavy (non-hydrogen) atoms. The number of amides is 1. The summed E-state index contributed by atoms with van der Waals surface area (Å²) in [7, 11) is 0. The second-order valence-electron chi connectivity index (χ2n) is 5.70. The molecule has 3 aromatic rings. The summed E-state index contributed by atoms with van der Waals surface area (Å²) >= 11 is 0. The summed E-state index contributed by atoms with van der Waals surface area (Å²) in [4.78, 5) is 16.3. The molecule has 0 radical (unpaired) electrons. The van der Waals surface area contributed by atoms with Crippen LogP contribution in [0.5, 0.6) is 0 Å². The number of aryl methyl sites for hydroxylation is 1. The van der Waals surface area contributed by atoms with Crippen LogP contribution in [0.1, 0.15) is 17.2 Å². The molecule has 0 fully saturated rings. The summed E-state index contributed by atoms with van der Waals surface area (Å²) in [5, 5.41) is 13.6. The van der Waals surface area contributed by atoms with Crippen molar-refractivity contribution >= 4 is 12.0 Å². The number of carbonyl (C=O) groups excluding carboxylic acids is 1. The monoisotopic (exact) mass is 322 g/mol. The lowest BCUT2D eigenvalue weighted by Crippen LogP contribution is -2.34. The van der Waals surface area contributed by atoms with E-state index in [1.165, 1.54) is 0 Å². The van der Waals surface area contributed by atoms with Crippen LogP contribution in [0.3, 0.4) is 0 Å². The molecule has 3 heterocycles. The summed E-state index contributed by atoms with van der Waals surface area (Å²) in [5.74, 6) is 0.750. The van der Waals surface area contributed by atoms with E-state index in [4.69, 9.17) is 8.94 Å². The molecule has 2 aromatic heterocycles. The predicted molar refractivity (Wildman–Crippen MR) is 83.2 cm³/mol. The molecule has 120 valence electrons. The maximum absolute atomic E-state index is 12.2. The van der Waals surface area contributed by atoms with Gasteiger partial charge in [-0.2, -0.15) is 0 Å². The molecule has 1 aromatic carbocycles. The maximum atomic E-state index is 12.2. The van der Waals surface area contributed by atoms with Gasteiger partial charge in [-0.15, -0.1) is 10.2 Å². The second kappa shape index (κ2) is 5.52. The van der Waals surface area contributed by atoms with Crippen LogP contribution < -0.4 is 10.6 Å². The van der Waals surface area contributed by atoms with Gasteiger partial charge in [0.25, 0.3) is 11.8 Å². The molecular formula is C17H14N4O3. The van der Waals surface area contributed by atoms with E-state index in [0.29, 0.717) is 35.0 Å².